The standard InChI is InChI=1S/C17H32N2O2/c1-12-7-13(2)9-15(8-12)11-18-10-14(3)19-16(20)21-17(4,5)6/h7,12,14-15,18H,8-11H2,1-6H3,(H,19,20). The summed E-state index contributed by atoms with van der Waals surface area (Å²) in [5.74, 6) is 1.39. The quantitative estimate of drug-likeness (QED) is 0.764. The second kappa shape index (κ2) is 7.83. The van der Waals surface area contributed by atoms with Gasteiger partial charge in [0.15, 0.2) is 0 Å². The van der Waals surface area contributed by atoms with Gasteiger partial charge in [-0.3, -0.25) is 0 Å². The number of hydrogen-bond donors (Lipinski definition) is 2. The van der Waals surface area contributed by atoms with Crippen LogP contribution in [0.15, 0.2) is 11.6 Å². The van der Waals surface area contributed by atoms with E-state index in [-0.39, 0.29) is 12.1 Å². The number of ether oxygens (including phenoxy) is 1. The summed E-state index contributed by atoms with van der Waals surface area (Å²) in [5.41, 5.74) is 1.06. The molecule has 0 aromatic carbocycles. The van der Waals surface area contributed by atoms with Crippen LogP contribution in [0.25, 0.3) is 0 Å². The van der Waals surface area contributed by atoms with Crippen LogP contribution in [0.4, 0.5) is 4.79 Å². The van der Waals surface area contributed by atoms with Crippen LogP contribution in [-0.4, -0.2) is 30.8 Å². The Bertz CT molecular complexity index is 371. The first-order valence-electron chi connectivity index (χ1n) is 8.03. The van der Waals surface area contributed by atoms with E-state index in [0.29, 0.717) is 11.8 Å². The highest BCUT2D eigenvalue weighted by atomic mass is 16.6. The molecule has 4 heteroatoms. The van der Waals surface area contributed by atoms with E-state index < -0.39 is 5.60 Å². The Morgan fingerprint density at radius 2 is 2.14 bits per heavy atom. The van der Waals surface area contributed by atoms with Crippen molar-refractivity contribution in [2.45, 2.75) is 66.0 Å². The predicted octanol–water partition coefficient (Wildman–Crippen LogP) is 3.48. The van der Waals surface area contributed by atoms with Crippen LogP contribution in [0.1, 0.15) is 54.4 Å². The summed E-state index contributed by atoms with van der Waals surface area (Å²) in [6.07, 6.45) is 4.47. The number of alkyl carbamates (subject to hydrolysis) is 1. The summed E-state index contributed by atoms with van der Waals surface area (Å²) >= 11 is 0. The fraction of sp³-hybridized carbons (Fsp3) is 0.824. The summed E-state index contributed by atoms with van der Waals surface area (Å²) in [6.45, 7) is 13.9. The summed E-state index contributed by atoms with van der Waals surface area (Å²) in [4.78, 5) is 11.7. The van der Waals surface area contributed by atoms with Gasteiger partial charge >= 0.3 is 6.09 Å². The summed E-state index contributed by atoms with van der Waals surface area (Å²) in [6, 6.07) is 0.0671. The second-order valence-corrected chi connectivity index (χ2v) is 7.50. The molecule has 0 saturated carbocycles. The maximum Gasteiger partial charge on any atom is 0.407 e. The third kappa shape index (κ3) is 8.10. The maximum absolute atomic E-state index is 11.7. The van der Waals surface area contributed by atoms with Crippen molar-refractivity contribution in [3.8, 4) is 0 Å². The zero-order chi connectivity index (χ0) is 16.0. The lowest BCUT2D eigenvalue weighted by Gasteiger charge is -2.26. The van der Waals surface area contributed by atoms with Crippen LogP contribution in [-0.2, 0) is 4.74 Å². The van der Waals surface area contributed by atoms with Crippen LogP contribution in [0, 0.1) is 11.8 Å². The van der Waals surface area contributed by atoms with Gasteiger partial charge in [-0.05, 0) is 65.8 Å². The van der Waals surface area contributed by atoms with Gasteiger partial charge in [0.25, 0.3) is 0 Å². The molecule has 1 aliphatic carbocycles. The van der Waals surface area contributed by atoms with Crippen molar-refractivity contribution in [3.05, 3.63) is 11.6 Å². The second-order valence-electron chi connectivity index (χ2n) is 7.50. The molecule has 1 rings (SSSR count). The van der Waals surface area contributed by atoms with Crippen molar-refractivity contribution in [1.82, 2.24) is 10.6 Å². The minimum absolute atomic E-state index is 0.0671. The fourth-order valence-electron chi connectivity index (χ4n) is 2.91. The van der Waals surface area contributed by atoms with Crippen molar-refractivity contribution in [1.29, 1.82) is 0 Å². The van der Waals surface area contributed by atoms with Gasteiger partial charge in [-0.25, -0.2) is 4.79 Å². The Hall–Kier alpha value is -1.03. The molecule has 0 spiro atoms. The van der Waals surface area contributed by atoms with E-state index in [0.717, 1.165) is 13.1 Å². The zero-order valence-electron chi connectivity index (χ0n) is 14.5. The van der Waals surface area contributed by atoms with Gasteiger partial charge in [0.05, 0.1) is 0 Å². The fourth-order valence-corrected chi connectivity index (χ4v) is 2.91. The smallest absolute Gasteiger partial charge is 0.407 e. The molecule has 1 aliphatic rings. The van der Waals surface area contributed by atoms with Gasteiger partial charge in [0, 0.05) is 12.6 Å². The molecule has 122 valence electrons. The lowest BCUT2D eigenvalue weighted by Crippen LogP contribution is -2.43. The number of hydrogen-bond acceptors (Lipinski definition) is 3. The Labute approximate surface area is 129 Å². The molecule has 0 bridgehead atoms. The van der Waals surface area contributed by atoms with Crippen LogP contribution in [0.3, 0.4) is 0 Å². The molecule has 2 N–H and O–H groups in total. The van der Waals surface area contributed by atoms with E-state index in [1.165, 1.54) is 18.4 Å². The first kappa shape index (κ1) is 18.0. The zero-order valence-corrected chi connectivity index (χ0v) is 14.5. The van der Waals surface area contributed by atoms with E-state index >= 15 is 0 Å². The molecule has 0 heterocycles. The molecule has 0 aromatic heterocycles. The van der Waals surface area contributed by atoms with Gasteiger partial charge < -0.3 is 15.4 Å². The molecular formula is C17H32N2O2. The van der Waals surface area contributed by atoms with Gasteiger partial charge in [0.1, 0.15) is 5.60 Å². The predicted molar refractivity (Wildman–Crippen MR) is 87.3 cm³/mol. The van der Waals surface area contributed by atoms with Crippen molar-refractivity contribution in [2.24, 2.45) is 11.8 Å². The molecule has 3 unspecified atom stereocenters. The van der Waals surface area contributed by atoms with Crippen LogP contribution < -0.4 is 10.6 Å². The van der Waals surface area contributed by atoms with Gasteiger partial charge in [-0.15, -0.1) is 0 Å². The van der Waals surface area contributed by atoms with E-state index in [1.807, 2.05) is 27.7 Å². The average molecular weight is 296 g/mol. The molecule has 0 aromatic rings. The first-order chi connectivity index (χ1) is 9.65. The maximum atomic E-state index is 11.7. The molecule has 21 heavy (non-hydrogen) atoms. The Morgan fingerprint density at radius 3 is 2.71 bits per heavy atom. The Morgan fingerprint density at radius 1 is 1.48 bits per heavy atom. The SMILES string of the molecule is CC1=CC(C)CC(CNCC(C)NC(=O)OC(C)(C)C)C1. The van der Waals surface area contributed by atoms with E-state index in [2.05, 4.69) is 30.6 Å². The molecule has 0 fully saturated rings. The molecule has 4 nitrogen and oxygen atoms in total. The highest BCUT2D eigenvalue weighted by molar-refractivity contribution is 5.68. The minimum Gasteiger partial charge on any atom is -0.444 e. The van der Waals surface area contributed by atoms with E-state index in [4.69, 9.17) is 4.74 Å². The van der Waals surface area contributed by atoms with Crippen LogP contribution >= 0.6 is 0 Å². The topological polar surface area (TPSA) is 50.4 Å². The van der Waals surface area contributed by atoms with Crippen LogP contribution in [0.2, 0.25) is 0 Å². The van der Waals surface area contributed by atoms with E-state index in [9.17, 15) is 4.79 Å². The monoisotopic (exact) mass is 296 g/mol. The lowest BCUT2D eigenvalue weighted by atomic mass is 9.84. The minimum atomic E-state index is -0.445. The van der Waals surface area contributed by atoms with Gasteiger partial charge in [-0.2, -0.15) is 0 Å². The number of nitrogens with one attached hydrogen (secondary N) is 2. The van der Waals surface area contributed by atoms with Crippen molar-refractivity contribution in [3.63, 3.8) is 0 Å². The first-order valence-corrected chi connectivity index (χ1v) is 8.03. The van der Waals surface area contributed by atoms with E-state index in [1.54, 1.807) is 0 Å². The molecule has 1 amide bonds. The normalized spacial score (nSPS) is 24.2. The van der Waals surface area contributed by atoms with Crippen molar-refractivity contribution >= 4 is 6.09 Å². The summed E-state index contributed by atoms with van der Waals surface area (Å²) < 4.78 is 5.25. The highest BCUT2D eigenvalue weighted by Gasteiger charge is 2.19. The number of allylic oxidation sites excluding steroid dienone is 2. The molecular weight excluding hydrogens is 264 g/mol. The third-order valence-electron chi connectivity index (χ3n) is 3.53. The Kier molecular flexibility index (Phi) is 6.72. The average Bonchev–Trinajstić information content (AvgIpc) is 2.24. The number of carbonyl (C=O) groups is 1. The molecule has 0 aliphatic heterocycles. The summed E-state index contributed by atoms with van der Waals surface area (Å²) in [7, 11) is 0. The van der Waals surface area contributed by atoms with Gasteiger partial charge in [0.2, 0.25) is 0 Å². The number of carbonyl (C=O) groups excluding carboxylic acids is 1. The lowest BCUT2D eigenvalue weighted by molar-refractivity contribution is 0.0508. The molecule has 0 radical (unpaired) electrons. The van der Waals surface area contributed by atoms with Crippen molar-refractivity contribution in [2.75, 3.05) is 13.1 Å². The largest absolute Gasteiger partial charge is 0.444 e. The van der Waals surface area contributed by atoms with Gasteiger partial charge in [-0.1, -0.05) is 18.6 Å². The Balaban J connectivity index is 2.20. The third-order valence-corrected chi connectivity index (χ3v) is 3.53. The summed E-state index contributed by atoms with van der Waals surface area (Å²) in [5, 5.41) is 6.32. The number of rotatable bonds is 5. The molecule has 3 atom stereocenters. The highest BCUT2D eigenvalue weighted by Crippen LogP contribution is 2.27. The molecule has 0 saturated heterocycles. The number of amides is 1. The van der Waals surface area contributed by atoms with Crippen LogP contribution in [0.5, 0.6) is 0 Å². The van der Waals surface area contributed by atoms with Crippen molar-refractivity contribution < 1.29 is 9.53 Å².